The quantitative estimate of drug-likeness (QED) is 0.621. The van der Waals surface area contributed by atoms with E-state index in [9.17, 15) is 9.59 Å². The van der Waals surface area contributed by atoms with Gasteiger partial charge in [0.2, 0.25) is 0 Å². The van der Waals surface area contributed by atoms with Crippen LogP contribution in [0.3, 0.4) is 0 Å². The van der Waals surface area contributed by atoms with Crippen molar-refractivity contribution in [2.45, 2.75) is 20.3 Å². The molecule has 0 unspecified atom stereocenters. The zero-order valence-electron chi connectivity index (χ0n) is 15.9. The van der Waals surface area contributed by atoms with Crippen molar-refractivity contribution in [2.75, 3.05) is 5.32 Å². The van der Waals surface area contributed by atoms with Crippen LogP contribution in [-0.2, 0) is 11.2 Å². The highest BCUT2D eigenvalue weighted by Gasteiger charge is 2.16. The standard InChI is InChI=1S/C23H22N2O3/c1-3-17-10-12-18(13-11-17)24-23(27)21(15-19-8-6-14-28-19)25-22(26)20-9-5-4-7-16(20)2/h4-15H,3H2,1-2H3,(H,24,27)(H,25,26)/b21-15-. The Morgan fingerprint density at radius 3 is 2.39 bits per heavy atom. The number of rotatable bonds is 6. The first-order valence-corrected chi connectivity index (χ1v) is 9.09. The summed E-state index contributed by atoms with van der Waals surface area (Å²) in [6.07, 6.45) is 3.93. The molecular weight excluding hydrogens is 352 g/mol. The van der Waals surface area contributed by atoms with E-state index >= 15 is 0 Å². The number of carbonyl (C=O) groups is 2. The number of aryl methyl sites for hydroxylation is 2. The van der Waals surface area contributed by atoms with Crippen molar-refractivity contribution in [1.29, 1.82) is 0 Å². The number of anilines is 1. The summed E-state index contributed by atoms with van der Waals surface area (Å²) >= 11 is 0. The number of hydrogen-bond donors (Lipinski definition) is 2. The molecule has 5 heteroatoms. The van der Waals surface area contributed by atoms with E-state index in [0.717, 1.165) is 12.0 Å². The number of nitrogens with one attached hydrogen (secondary N) is 2. The van der Waals surface area contributed by atoms with E-state index in [1.165, 1.54) is 17.9 Å². The highest BCUT2D eigenvalue weighted by Crippen LogP contribution is 2.14. The first-order chi connectivity index (χ1) is 13.6. The lowest BCUT2D eigenvalue weighted by molar-refractivity contribution is -0.113. The fourth-order valence-electron chi connectivity index (χ4n) is 2.71. The van der Waals surface area contributed by atoms with Crippen molar-refractivity contribution in [3.8, 4) is 0 Å². The second kappa shape index (κ2) is 8.86. The zero-order valence-corrected chi connectivity index (χ0v) is 15.9. The number of carbonyl (C=O) groups excluding carboxylic acids is 2. The molecule has 0 radical (unpaired) electrons. The highest BCUT2D eigenvalue weighted by molar-refractivity contribution is 6.10. The van der Waals surface area contributed by atoms with Crippen LogP contribution < -0.4 is 10.6 Å². The number of furan rings is 1. The van der Waals surface area contributed by atoms with Crippen LogP contribution in [0.4, 0.5) is 5.69 Å². The first-order valence-electron chi connectivity index (χ1n) is 9.09. The summed E-state index contributed by atoms with van der Waals surface area (Å²) in [6, 6.07) is 18.2. The topological polar surface area (TPSA) is 71.3 Å². The van der Waals surface area contributed by atoms with Gasteiger partial charge in [-0.05, 0) is 54.8 Å². The molecular formula is C23H22N2O3. The summed E-state index contributed by atoms with van der Waals surface area (Å²) in [5.74, 6) is -0.313. The average Bonchev–Trinajstić information content (AvgIpc) is 3.21. The van der Waals surface area contributed by atoms with Gasteiger partial charge in [0.15, 0.2) is 0 Å². The average molecular weight is 374 g/mol. The fourth-order valence-corrected chi connectivity index (χ4v) is 2.71. The third-order valence-electron chi connectivity index (χ3n) is 4.33. The molecule has 0 saturated heterocycles. The van der Waals surface area contributed by atoms with Crippen molar-refractivity contribution in [1.82, 2.24) is 5.32 Å². The molecule has 0 spiro atoms. The summed E-state index contributed by atoms with van der Waals surface area (Å²) < 4.78 is 5.30. The molecule has 0 bridgehead atoms. The lowest BCUT2D eigenvalue weighted by Gasteiger charge is -2.12. The molecule has 5 nitrogen and oxygen atoms in total. The van der Waals surface area contributed by atoms with E-state index in [1.54, 1.807) is 24.3 Å². The maximum Gasteiger partial charge on any atom is 0.272 e. The highest BCUT2D eigenvalue weighted by atomic mass is 16.3. The minimum absolute atomic E-state index is 0.0998. The van der Waals surface area contributed by atoms with Crippen LogP contribution in [0.15, 0.2) is 77.0 Å². The normalized spacial score (nSPS) is 11.1. The van der Waals surface area contributed by atoms with Gasteiger partial charge in [0.05, 0.1) is 6.26 Å². The second-order valence-corrected chi connectivity index (χ2v) is 6.35. The van der Waals surface area contributed by atoms with Crippen molar-refractivity contribution in [2.24, 2.45) is 0 Å². The van der Waals surface area contributed by atoms with Gasteiger partial charge in [-0.15, -0.1) is 0 Å². The molecule has 1 heterocycles. The van der Waals surface area contributed by atoms with E-state index in [-0.39, 0.29) is 11.6 Å². The maximum atomic E-state index is 12.8. The molecule has 0 fully saturated rings. The van der Waals surface area contributed by atoms with Crippen molar-refractivity contribution < 1.29 is 14.0 Å². The van der Waals surface area contributed by atoms with Crippen LogP contribution in [-0.4, -0.2) is 11.8 Å². The fraction of sp³-hybridized carbons (Fsp3) is 0.130. The van der Waals surface area contributed by atoms with Gasteiger partial charge in [0.1, 0.15) is 11.5 Å². The largest absolute Gasteiger partial charge is 0.465 e. The van der Waals surface area contributed by atoms with Gasteiger partial charge in [-0.1, -0.05) is 37.3 Å². The predicted octanol–water partition coefficient (Wildman–Crippen LogP) is 4.56. The number of amides is 2. The summed E-state index contributed by atoms with van der Waals surface area (Å²) in [6.45, 7) is 3.92. The molecule has 2 amide bonds. The Morgan fingerprint density at radius 2 is 1.75 bits per heavy atom. The van der Waals surface area contributed by atoms with Crippen LogP contribution in [0.25, 0.3) is 6.08 Å². The molecule has 2 N–H and O–H groups in total. The van der Waals surface area contributed by atoms with E-state index in [0.29, 0.717) is 17.0 Å². The van der Waals surface area contributed by atoms with Gasteiger partial charge in [-0.3, -0.25) is 9.59 Å². The van der Waals surface area contributed by atoms with E-state index in [1.807, 2.05) is 43.3 Å². The van der Waals surface area contributed by atoms with Gasteiger partial charge in [-0.25, -0.2) is 0 Å². The molecule has 0 saturated carbocycles. The zero-order chi connectivity index (χ0) is 19.9. The van der Waals surface area contributed by atoms with Gasteiger partial charge in [0.25, 0.3) is 11.8 Å². The Hall–Kier alpha value is -3.60. The molecule has 3 rings (SSSR count). The van der Waals surface area contributed by atoms with Crippen LogP contribution in [0.5, 0.6) is 0 Å². The smallest absolute Gasteiger partial charge is 0.272 e. The molecule has 0 atom stereocenters. The lowest BCUT2D eigenvalue weighted by atomic mass is 10.1. The van der Waals surface area contributed by atoms with Crippen molar-refractivity contribution in [3.05, 3.63) is 95.1 Å². The monoisotopic (exact) mass is 374 g/mol. The summed E-state index contributed by atoms with van der Waals surface area (Å²) in [5.41, 5.74) is 3.26. The van der Waals surface area contributed by atoms with E-state index in [4.69, 9.17) is 4.42 Å². The second-order valence-electron chi connectivity index (χ2n) is 6.35. The molecule has 2 aromatic carbocycles. The van der Waals surface area contributed by atoms with Gasteiger partial charge < -0.3 is 15.1 Å². The number of hydrogen-bond acceptors (Lipinski definition) is 3. The minimum atomic E-state index is -0.428. The van der Waals surface area contributed by atoms with E-state index < -0.39 is 5.91 Å². The van der Waals surface area contributed by atoms with Gasteiger partial charge in [0, 0.05) is 17.3 Å². The van der Waals surface area contributed by atoms with Gasteiger partial charge >= 0.3 is 0 Å². The van der Waals surface area contributed by atoms with E-state index in [2.05, 4.69) is 17.6 Å². The molecule has 0 aliphatic rings. The van der Waals surface area contributed by atoms with Crippen molar-refractivity contribution >= 4 is 23.6 Å². The van der Waals surface area contributed by atoms with Gasteiger partial charge in [-0.2, -0.15) is 0 Å². The Bertz CT molecular complexity index is 987. The first kappa shape index (κ1) is 19.2. The SMILES string of the molecule is CCc1ccc(NC(=O)/C(=C/c2ccco2)NC(=O)c2ccccc2C)cc1. The lowest BCUT2D eigenvalue weighted by Crippen LogP contribution is -2.31. The molecule has 0 aliphatic carbocycles. The Kier molecular flexibility index (Phi) is 6.07. The third-order valence-corrected chi connectivity index (χ3v) is 4.33. The third kappa shape index (κ3) is 4.76. The number of benzene rings is 2. The maximum absolute atomic E-state index is 12.8. The Labute approximate surface area is 164 Å². The molecule has 142 valence electrons. The Morgan fingerprint density at radius 1 is 1.00 bits per heavy atom. The molecule has 3 aromatic rings. The minimum Gasteiger partial charge on any atom is -0.465 e. The summed E-state index contributed by atoms with van der Waals surface area (Å²) in [4.78, 5) is 25.5. The predicted molar refractivity (Wildman–Crippen MR) is 110 cm³/mol. The Balaban J connectivity index is 1.83. The van der Waals surface area contributed by atoms with Crippen LogP contribution in [0.1, 0.15) is 34.2 Å². The van der Waals surface area contributed by atoms with Crippen LogP contribution in [0.2, 0.25) is 0 Å². The summed E-state index contributed by atoms with van der Waals surface area (Å²) in [7, 11) is 0. The molecule has 28 heavy (non-hydrogen) atoms. The van der Waals surface area contributed by atoms with Crippen molar-refractivity contribution in [3.63, 3.8) is 0 Å². The molecule has 1 aromatic heterocycles. The summed E-state index contributed by atoms with van der Waals surface area (Å²) in [5, 5.41) is 5.52. The molecule has 0 aliphatic heterocycles. The van der Waals surface area contributed by atoms with Crippen LogP contribution >= 0.6 is 0 Å². The van der Waals surface area contributed by atoms with Crippen LogP contribution in [0, 0.1) is 6.92 Å².